The summed E-state index contributed by atoms with van der Waals surface area (Å²) in [6.45, 7) is 4.40. The van der Waals surface area contributed by atoms with E-state index in [0.29, 0.717) is 12.8 Å². The molecule has 0 aromatic rings. The van der Waals surface area contributed by atoms with Gasteiger partial charge in [-0.05, 0) is 38.5 Å². The Balaban J connectivity index is 3.39. The normalized spacial score (nSPS) is 12.7. The largest absolute Gasteiger partial charge is 0.394 e. The molecule has 0 bridgehead atoms. The Kier molecular flexibility index (Phi) is 56.7. The second-order valence-corrected chi connectivity index (χ2v) is 21.1. The van der Waals surface area contributed by atoms with Crippen molar-refractivity contribution >= 4 is 5.91 Å². The van der Waals surface area contributed by atoms with Gasteiger partial charge in [-0.2, -0.15) is 0 Å². The van der Waals surface area contributed by atoms with Gasteiger partial charge in [-0.1, -0.05) is 321 Å². The van der Waals surface area contributed by atoms with Crippen LogP contribution in [0.4, 0.5) is 0 Å². The van der Waals surface area contributed by atoms with E-state index in [0.717, 1.165) is 25.7 Å². The Morgan fingerprint density at radius 3 is 0.846 bits per heavy atom. The lowest BCUT2D eigenvalue weighted by Crippen LogP contribution is -2.45. The summed E-state index contributed by atoms with van der Waals surface area (Å²) in [5, 5.41) is 23.4. The van der Waals surface area contributed by atoms with E-state index in [-0.39, 0.29) is 12.5 Å². The van der Waals surface area contributed by atoms with E-state index in [1.165, 1.54) is 302 Å². The van der Waals surface area contributed by atoms with Crippen molar-refractivity contribution in [2.45, 2.75) is 366 Å². The second kappa shape index (κ2) is 57.4. The molecule has 0 rings (SSSR count). The van der Waals surface area contributed by atoms with Gasteiger partial charge in [-0.25, -0.2) is 0 Å². The zero-order valence-electron chi connectivity index (χ0n) is 44.8. The van der Waals surface area contributed by atoms with E-state index in [1.54, 1.807) is 0 Å². The van der Waals surface area contributed by atoms with Crippen molar-refractivity contribution in [1.29, 1.82) is 0 Å². The van der Waals surface area contributed by atoms with Gasteiger partial charge in [-0.3, -0.25) is 4.79 Å². The number of allylic oxidation sites excluding steroid dienone is 2. The lowest BCUT2D eigenvalue weighted by Gasteiger charge is -2.22. The third-order valence-corrected chi connectivity index (χ3v) is 14.5. The van der Waals surface area contributed by atoms with Gasteiger partial charge in [0.05, 0.1) is 18.8 Å². The number of unbranched alkanes of at least 4 members (excludes halogenated alkanes) is 48. The molecule has 2 atom stereocenters. The molecule has 0 spiro atoms. The van der Waals surface area contributed by atoms with Gasteiger partial charge >= 0.3 is 0 Å². The van der Waals surface area contributed by atoms with Gasteiger partial charge in [0.15, 0.2) is 0 Å². The molecule has 0 aliphatic rings. The summed E-state index contributed by atoms with van der Waals surface area (Å²) in [4.78, 5) is 12.5. The van der Waals surface area contributed by atoms with Crippen LogP contribution in [0.1, 0.15) is 354 Å². The Morgan fingerprint density at radius 1 is 0.354 bits per heavy atom. The molecule has 0 heterocycles. The van der Waals surface area contributed by atoms with E-state index in [2.05, 4.69) is 31.3 Å². The highest BCUT2D eigenvalue weighted by Gasteiger charge is 2.20. The van der Waals surface area contributed by atoms with Gasteiger partial charge in [0.1, 0.15) is 0 Å². The first-order valence-corrected chi connectivity index (χ1v) is 30.4. The number of carbonyl (C=O) groups excluding carboxylic acids is 1. The van der Waals surface area contributed by atoms with Crippen LogP contribution in [0.2, 0.25) is 0 Å². The predicted octanol–water partition coefficient (Wildman–Crippen LogP) is 20.1. The van der Waals surface area contributed by atoms with Crippen LogP contribution >= 0.6 is 0 Å². The third kappa shape index (κ3) is 53.9. The van der Waals surface area contributed by atoms with E-state index in [4.69, 9.17) is 0 Å². The summed E-state index contributed by atoms with van der Waals surface area (Å²) >= 11 is 0. The van der Waals surface area contributed by atoms with E-state index in [1.807, 2.05) is 0 Å². The highest BCUT2D eigenvalue weighted by atomic mass is 16.3. The zero-order chi connectivity index (χ0) is 47.0. The first kappa shape index (κ1) is 64.1. The Morgan fingerprint density at radius 2 is 0.585 bits per heavy atom. The summed E-state index contributed by atoms with van der Waals surface area (Å²) in [5.41, 5.74) is 0. The first-order valence-electron chi connectivity index (χ1n) is 30.4. The number of rotatable bonds is 57. The summed E-state index contributed by atoms with van der Waals surface area (Å²) in [5.74, 6) is -0.0226. The van der Waals surface area contributed by atoms with Gasteiger partial charge in [0, 0.05) is 6.42 Å². The summed E-state index contributed by atoms with van der Waals surface area (Å²) < 4.78 is 0. The fourth-order valence-electron chi connectivity index (χ4n) is 9.89. The molecule has 0 saturated carbocycles. The number of aliphatic hydroxyl groups excluding tert-OH is 2. The smallest absolute Gasteiger partial charge is 0.220 e. The standard InChI is InChI=1S/C61H121NO3/c1-3-5-7-9-11-13-15-17-19-21-23-25-27-28-29-30-31-32-33-34-35-37-39-41-43-45-47-49-51-53-55-57-61(65)62-59(58-63)60(64)56-54-52-50-48-46-44-42-40-38-36-26-24-22-20-18-16-14-12-10-8-6-4-2/h21,23,59-60,63-64H,3-20,22,24-58H2,1-2H3,(H,62,65)/b23-21-. The van der Waals surface area contributed by atoms with Crippen molar-refractivity contribution in [1.82, 2.24) is 5.32 Å². The lowest BCUT2D eigenvalue weighted by molar-refractivity contribution is -0.123. The highest BCUT2D eigenvalue weighted by Crippen LogP contribution is 2.18. The molecule has 388 valence electrons. The Hall–Kier alpha value is -0.870. The van der Waals surface area contributed by atoms with Crippen LogP contribution < -0.4 is 5.32 Å². The fourth-order valence-corrected chi connectivity index (χ4v) is 9.89. The summed E-state index contributed by atoms with van der Waals surface area (Å²) in [6, 6.07) is -0.533. The number of amides is 1. The van der Waals surface area contributed by atoms with Crippen LogP contribution in [0.25, 0.3) is 0 Å². The van der Waals surface area contributed by atoms with Gasteiger partial charge in [-0.15, -0.1) is 0 Å². The van der Waals surface area contributed by atoms with Gasteiger partial charge in [0.2, 0.25) is 5.91 Å². The summed E-state index contributed by atoms with van der Waals surface area (Å²) in [7, 11) is 0. The molecule has 4 nitrogen and oxygen atoms in total. The molecule has 0 aliphatic heterocycles. The first-order chi connectivity index (χ1) is 32.2. The predicted molar refractivity (Wildman–Crippen MR) is 290 cm³/mol. The number of aliphatic hydroxyl groups is 2. The molecule has 0 aromatic heterocycles. The molecule has 4 heteroatoms. The van der Waals surface area contributed by atoms with Crippen molar-refractivity contribution in [2.24, 2.45) is 0 Å². The van der Waals surface area contributed by atoms with E-state index < -0.39 is 12.1 Å². The quantitative estimate of drug-likeness (QED) is 0.0421. The average Bonchev–Trinajstić information content (AvgIpc) is 3.31. The topological polar surface area (TPSA) is 69.6 Å². The zero-order valence-corrected chi connectivity index (χ0v) is 44.8. The van der Waals surface area contributed by atoms with E-state index >= 15 is 0 Å². The molecule has 0 saturated heterocycles. The van der Waals surface area contributed by atoms with Crippen molar-refractivity contribution in [3.8, 4) is 0 Å². The molecule has 3 N–H and O–H groups in total. The van der Waals surface area contributed by atoms with Crippen molar-refractivity contribution < 1.29 is 15.0 Å². The molecule has 0 radical (unpaired) electrons. The lowest BCUT2D eigenvalue weighted by atomic mass is 10.0. The van der Waals surface area contributed by atoms with Crippen LogP contribution in [0.3, 0.4) is 0 Å². The van der Waals surface area contributed by atoms with Crippen LogP contribution in [0, 0.1) is 0 Å². The van der Waals surface area contributed by atoms with E-state index in [9.17, 15) is 15.0 Å². The molecule has 0 aromatic carbocycles. The molecule has 0 aliphatic carbocycles. The average molecular weight is 917 g/mol. The van der Waals surface area contributed by atoms with Crippen molar-refractivity contribution in [3.05, 3.63) is 12.2 Å². The number of nitrogens with one attached hydrogen (secondary N) is 1. The monoisotopic (exact) mass is 916 g/mol. The highest BCUT2D eigenvalue weighted by molar-refractivity contribution is 5.76. The Labute approximate surface area is 409 Å². The second-order valence-electron chi connectivity index (χ2n) is 21.1. The van der Waals surface area contributed by atoms with Crippen LogP contribution in [-0.4, -0.2) is 34.9 Å². The SMILES string of the molecule is CCCCCCCCCC/C=C\CCCCCCCCCCCCCCCCCCCCCC(=O)NC(CO)C(O)CCCCCCCCCCCCCCCCCCCCCCCC. The molecule has 65 heavy (non-hydrogen) atoms. The Bertz CT molecular complexity index is 905. The molecular weight excluding hydrogens is 795 g/mol. The summed E-state index contributed by atoms with van der Waals surface area (Å²) in [6.07, 6.45) is 75.1. The minimum Gasteiger partial charge on any atom is -0.394 e. The molecule has 2 unspecified atom stereocenters. The van der Waals surface area contributed by atoms with Gasteiger partial charge < -0.3 is 15.5 Å². The maximum Gasteiger partial charge on any atom is 0.220 e. The maximum absolute atomic E-state index is 12.5. The minimum atomic E-state index is -0.657. The molecule has 1 amide bonds. The van der Waals surface area contributed by atoms with Crippen LogP contribution in [0.5, 0.6) is 0 Å². The third-order valence-electron chi connectivity index (χ3n) is 14.5. The number of carbonyl (C=O) groups is 1. The minimum absolute atomic E-state index is 0.0226. The van der Waals surface area contributed by atoms with Crippen molar-refractivity contribution in [3.63, 3.8) is 0 Å². The van der Waals surface area contributed by atoms with Gasteiger partial charge in [0.25, 0.3) is 0 Å². The molecular formula is C61H121NO3. The fraction of sp³-hybridized carbons (Fsp3) is 0.951. The van der Waals surface area contributed by atoms with Crippen LogP contribution in [0.15, 0.2) is 12.2 Å². The molecule has 0 fully saturated rings. The number of hydrogen-bond donors (Lipinski definition) is 3. The van der Waals surface area contributed by atoms with Crippen molar-refractivity contribution in [2.75, 3.05) is 6.61 Å². The number of hydrogen-bond acceptors (Lipinski definition) is 3. The van der Waals surface area contributed by atoms with Crippen LogP contribution in [-0.2, 0) is 4.79 Å². The maximum atomic E-state index is 12.5.